The SMILES string of the molecule is ClCCSCC(Cl)CCl. The lowest BCUT2D eigenvalue weighted by molar-refractivity contribution is 1.12. The summed E-state index contributed by atoms with van der Waals surface area (Å²) in [5, 5.41) is 0.0971. The average molecular weight is 208 g/mol. The fourth-order valence-corrected chi connectivity index (χ4v) is 1.79. The van der Waals surface area contributed by atoms with Gasteiger partial charge in [0.15, 0.2) is 0 Å². The number of hydrogen-bond acceptors (Lipinski definition) is 1. The molecule has 0 N–H and O–H groups in total. The van der Waals surface area contributed by atoms with Crippen molar-refractivity contribution in [2.45, 2.75) is 5.38 Å². The van der Waals surface area contributed by atoms with Crippen LogP contribution in [-0.2, 0) is 0 Å². The predicted molar refractivity (Wildman–Crippen MR) is 48.4 cm³/mol. The quantitative estimate of drug-likeness (QED) is 0.494. The lowest BCUT2D eigenvalue weighted by Crippen LogP contribution is -2.03. The van der Waals surface area contributed by atoms with Crippen LogP contribution in [0.1, 0.15) is 0 Å². The van der Waals surface area contributed by atoms with Gasteiger partial charge in [0.1, 0.15) is 0 Å². The molecule has 0 aliphatic rings. The first-order valence-corrected chi connectivity index (χ1v) is 5.31. The molecule has 0 rings (SSSR count). The maximum absolute atomic E-state index is 5.71. The highest BCUT2D eigenvalue weighted by atomic mass is 35.5. The van der Waals surface area contributed by atoms with Crippen molar-refractivity contribution in [3.63, 3.8) is 0 Å². The Bertz CT molecular complexity index is 60.2. The van der Waals surface area contributed by atoms with Crippen LogP contribution in [0.3, 0.4) is 0 Å². The van der Waals surface area contributed by atoms with Gasteiger partial charge in [0.05, 0.1) is 5.38 Å². The van der Waals surface area contributed by atoms with Crippen molar-refractivity contribution in [2.24, 2.45) is 0 Å². The van der Waals surface area contributed by atoms with Gasteiger partial charge < -0.3 is 0 Å². The topological polar surface area (TPSA) is 0 Å². The van der Waals surface area contributed by atoms with Crippen molar-refractivity contribution in [3.8, 4) is 0 Å². The van der Waals surface area contributed by atoms with Gasteiger partial charge in [-0.25, -0.2) is 0 Å². The molecule has 0 spiro atoms. The molecule has 0 saturated heterocycles. The second-order valence-electron chi connectivity index (χ2n) is 1.52. The molecule has 4 heteroatoms. The highest BCUT2D eigenvalue weighted by Crippen LogP contribution is 2.09. The molecule has 1 unspecified atom stereocenters. The lowest BCUT2D eigenvalue weighted by atomic mass is 10.6. The molecule has 9 heavy (non-hydrogen) atoms. The maximum Gasteiger partial charge on any atom is 0.0561 e. The third-order valence-electron chi connectivity index (χ3n) is 0.688. The second kappa shape index (κ2) is 7.33. The summed E-state index contributed by atoms with van der Waals surface area (Å²) in [5.74, 6) is 3.08. The number of halogens is 3. The molecule has 0 saturated carbocycles. The van der Waals surface area contributed by atoms with Crippen molar-refractivity contribution in [1.29, 1.82) is 0 Å². The molecule has 0 fully saturated rings. The van der Waals surface area contributed by atoms with Gasteiger partial charge in [0.25, 0.3) is 0 Å². The van der Waals surface area contributed by atoms with Gasteiger partial charge in [-0.3, -0.25) is 0 Å². The van der Waals surface area contributed by atoms with E-state index in [0.29, 0.717) is 11.8 Å². The summed E-state index contributed by atoms with van der Waals surface area (Å²) in [6.45, 7) is 0. The molecule has 0 heterocycles. The Morgan fingerprint density at radius 2 is 2.00 bits per heavy atom. The molecule has 0 nitrogen and oxygen atoms in total. The van der Waals surface area contributed by atoms with Gasteiger partial charge in [-0.2, -0.15) is 11.8 Å². The smallest absolute Gasteiger partial charge is 0.0561 e. The fraction of sp³-hybridized carbons (Fsp3) is 1.00. The Kier molecular flexibility index (Phi) is 8.32. The molecule has 0 aliphatic carbocycles. The lowest BCUT2D eigenvalue weighted by Gasteiger charge is -2.01. The predicted octanol–water partition coefficient (Wildman–Crippen LogP) is 2.80. The van der Waals surface area contributed by atoms with E-state index in [2.05, 4.69) is 0 Å². The van der Waals surface area contributed by atoms with Crippen molar-refractivity contribution < 1.29 is 0 Å². The summed E-state index contributed by atoms with van der Waals surface area (Å²) in [7, 11) is 0. The normalized spacial score (nSPS) is 13.7. The van der Waals surface area contributed by atoms with Crippen LogP contribution in [0.15, 0.2) is 0 Å². The van der Waals surface area contributed by atoms with E-state index in [-0.39, 0.29) is 5.38 Å². The molecule has 56 valence electrons. The first kappa shape index (κ1) is 10.2. The van der Waals surface area contributed by atoms with E-state index in [1.54, 1.807) is 11.8 Å². The number of rotatable bonds is 5. The van der Waals surface area contributed by atoms with Crippen LogP contribution in [-0.4, -0.2) is 28.6 Å². The van der Waals surface area contributed by atoms with Crippen LogP contribution in [0, 0.1) is 0 Å². The van der Waals surface area contributed by atoms with E-state index >= 15 is 0 Å². The van der Waals surface area contributed by atoms with E-state index in [0.717, 1.165) is 11.5 Å². The van der Waals surface area contributed by atoms with Crippen molar-refractivity contribution in [1.82, 2.24) is 0 Å². The van der Waals surface area contributed by atoms with Crippen LogP contribution in [0.25, 0.3) is 0 Å². The van der Waals surface area contributed by atoms with Crippen molar-refractivity contribution >= 4 is 46.6 Å². The molecule has 0 radical (unpaired) electrons. The van der Waals surface area contributed by atoms with Crippen LogP contribution >= 0.6 is 46.6 Å². The second-order valence-corrected chi connectivity index (χ2v) is 3.97. The van der Waals surface area contributed by atoms with Gasteiger partial charge in [0.2, 0.25) is 0 Å². The van der Waals surface area contributed by atoms with Gasteiger partial charge in [0, 0.05) is 23.3 Å². The standard InChI is InChI=1S/C5H9Cl3S/c6-1-2-9-4-5(8)3-7/h5H,1-4H2. The van der Waals surface area contributed by atoms with Gasteiger partial charge in [-0.05, 0) is 0 Å². The first-order valence-electron chi connectivity index (χ1n) is 2.65. The zero-order valence-corrected chi connectivity index (χ0v) is 8.03. The summed E-state index contributed by atoms with van der Waals surface area (Å²) in [6.07, 6.45) is 0. The first-order chi connectivity index (χ1) is 4.31. The number of alkyl halides is 3. The minimum absolute atomic E-state index is 0.0971. The molecule has 0 aromatic rings. The van der Waals surface area contributed by atoms with Gasteiger partial charge in [-0.1, -0.05) is 0 Å². The maximum atomic E-state index is 5.71. The zero-order valence-electron chi connectivity index (χ0n) is 4.95. The van der Waals surface area contributed by atoms with Crippen LogP contribution in [0.2, 0.25) is 0 Å². The number of thioether (sulfide) groups is 1. The summed E-state index contributed by atoms with van der Waals surface area (Å²) in [6, 6.07) is 0. The molecular weight excluding hydrogens is 198 g/mol. The average Bonchev–Trinajstić information content (AvgIpc) is 1.89. The minimum Gasteiger partial charge on any atom is -0.159 e. The van der Waals surface area contributed by atoms with Crippen molar-refractivity contribution in [3.05, 3.63) is 0 Å². The van der Waals surface area contributed by atoms with E-state index < -0.39 is 0 Å². The van der Waals surface area contributed by atoms with E-state index in [4.69, 9.17) is 34.8 Å². The van der Waals surface area contributed by atoms with Crippen LogP contribution in [0.5, 0.6) is 0 Å². The van der Waals surface area contributed by atoms with Crippen LogP contribution < -0.4 is 0 Å². The van der Waals surface area contributed by atoms with E-state index in [1.807, 2.05) is 0 Å². The zero-order chi connectivity index (χ0) is 7.11. The Balaban J connectivity index is 2.88. The Labute approximate surface area is 75.2 Å². The molecule has 0 aromatic heterocycles. The Morgan fingerprint density at radius 3 is 2.44 bits per heavy atom. The molecule has 0 bridgehead atoms. The summed E-state index contributed by atoms with van der Waals surface area (Å²) >= 11 is 18.3. The summed E-state index contributed by atoms with van der Waals surface area (Å²) in [5.41, 5.74) is 0. The van der Waals surface area contributed by atoms with E-state index in [1.165, 1.54) is 0 Å². The van der Waals surface area contributed by atoms with Gasteiger partial charge >= 0.3 is 0 Å². The highest BCUT2D eigenvalue weighted by Gasteiger charge is 2.00. The van der Waals surface area contributed by atoms with Crippen LogP contribution in [0.4, 0.5) is 0 Å². The molecule has 0 aromatic carbocycles. The third-order valence-corrected chi connectivity index (χ3v) is 3.25. The Morgan fingerprint density at radius 1 is 1.33 bits per heavy atom. The minimum atomic E-state index is 0.0971. The third kappa shape index (κ3) is 7.11. The van der Waals surface area contributed by atoms with E-state index in [9.17, 15) is 0 Å². The largest absolute Gasteiger partial charge is 0.159 e. The number of hydrogen-bond donors (Lipinski definition) is 0. The Hall–Kier alpha value is 1.22. The summed E-state index contributed by atoms with van der Waals surface area (Å²) < 4.78 is 0. The highest BCUT2D eigenvalue weighted by molar-refractivity contribution is 7.99. The fourth-order valence-electron chi connectivity index (χ4n) is 0.310. The van der Waals surface area contributed by atoms with Crippen molar-refractivity contribution in [2.75, 3.05) is 23.3 Å². The molecule has 1 atom stereocenters. The molecule has 0 aliphatic heterocycles. The summed E-state index contributed by atoms with van der Waals surface area (Å²) in [4.78, 5) is 0. The van der Waals surface area contributed by atoms with Gasteiger partial charge in [-0.15, -0.1) is 34.8 Å². The molecule has 0 amide bonds. The molecular formula is C5H9Cl3S. The monoisotopic (exact) mass is 206 g/mol.